The monoisotopic (exact) mass is 176 g/mol. The summed E-state index contributed by atoms with van der Waals surface area (Å²) < 4.78 is 5.51. The van der Waals surface area contributed by atoms with E-state index in [-0.39, 0.29) is 0 Å². The molecule has 0 heterocycles. The number of ether oxygens (including phenoxy) is 1. The van der Waals surface area contributed by atoms with Crippen molar-refractivity contribution in [2.45, 2.75) is 32.1 Å². The van der Waals surface area contributed by atoms with Crippen LogP contribution in [0.1, 0.15) is 37.7 Å². The molecule has 1 heteroatoms. The second-order valence-corrected chi connectivity index (χ2v) is 3.69. The molecule has 1 aliphatic rings. The van der Waals surface area contributed by atoms with Crippen molar-refractivity contribution in [3.8, 4) is 5.75 Å². The predicted molar refractivity (Wildman–Crippen MR) is 54.2 cm³/mol. The van der Waals surface area contributed by atoms with E-state index < -0.39 is 0 Å². The van der Waals surface area contributed by atoms with Gasteiger partial charge < -0.3 is 4.74 Å². The predicted octanol–water partition coefficient (Wildman–Crippen LogP) is 3.35. The third kappa shape index (κ3) is 2.24. The van der Waals surface area contributed by atoms with Gasteiger partial charge in [0, 0.05) is 0 Å². The summed E-state index contributed by atoms with van der Waals surface area (Å²) in [4.78, 5) is 0. The van der Waals surface area contributed by atoms with Crippen molar-refractivity contribution in [3.63, 3.8) is 0 Å². The van der Waals surface area contributed by atoms with Crippen molar-refractivity contribution < 1.29 is 4.74 Å². The summed E-state index contributed by atoms with van der Waals surface area (Å²) in [6, 6.07) is 8.57. The van der Waals surface area contributed by atoms with Gasteiger partial charge in [0.15, 0.2) is 0 Å². The first kappa shape index (κ1) is 8.61. The zero-order valence-electron chi connectivity index (χ0n) is 8.12. The highest BCUT2D eigenvalue weighted by atomic mass is 16.5. The second kappa shape index (κ2) is 3.82. The Balaban J connectivity index is 1.96. The largest absolute Gasteiger partial charge is 0.494 e. The van der Waals surface area contributed by atoms with E-state index in [9.17, 15) is 0 Å². The van der Waals surface area contributed by atoms with Gasteiger partial charge in [-0.15, -0.1) is 0 Å². The highest BCUT2D eigenvalue weighted by Crippen LogP contribution is 2.40. The van der Waals surface area contributed by atoms with Crippen LogP contribution in [-0.4, -0.2) is 6.61 Å². The van der Waals surface area contributed by atoms with E-state index in [1.54, 1.807) is 0 Å². The summed E-state index contributed by atoms with van der Waals surface area (Å²) >= 11 is 0. The van der Waals surface area contributed by atoms with Crippen LogP contribution in [0.5, 0.6) is 5.75 Å². The molecule has 1 fully saturated rings. The number of hydrogen-bond donors (Lipinski definition) is 0. The lowest BCUT2D eigenvalue weighted by molar-refractivity contribution is 0.317. The van der Waals surface area contributed by atoms with Gasteiger partial charge in [-0.2, -0.15) is 0 Å². The van der Waals surface area contributed by atoms with Crippen molar-refractivity contribution in [2.24, 2.45) is 0 Å². The van der Waals surface area contributed by atoms with Gasteiger partial charge in [-0.1, -0.05) is 19.1 Å². The van der Waals surface area contributed by atoms with Gasteiger partial charge >= 0.3 is 0 Å². The Morgan fingerprint density at radius 3 is 2.46 bits per heavy atom. The molecule has 0 N–H and O–H groups in total. The quantitative estimate of drug-likeness (QED) is 0.683. The molecule has 0 radical (unpaired) electrons. The van der Waals surface area contributed by atoms with Crippen LogP contribution in [0.4, 0.5) is 0 Å². The summed E-state index contributed by atoms with van der Waals surface area (Å²) in [5, 5.41) is 0. The molecule has 1 nitrogen and oxygen atoms in total. The van der Waals surface area contributed by atoms with Crippen molar-refractivity contribution in [3.05, 3.63) is 29.8 Å². The summed E-state index contributed by atoms with van der Waals surface area (Å²) in [7, 11) is 0. The summed E-state index contributed by atoms with van der Waals surface area (Å²) in [6.45, 7) is 2.95. The molecule has 1 aliphatic carbocycles. The van der Waals surface area contributed by atoms with E-state index in [1.807, 2.05) is 0 Å². The van der Waals surface area contributed by atoms with Gasteiger partial charge in [-0.3, -0.25) is 0 Å². The molecule has 70 valence electrons. The lowest BCUT2D eigenvalue weighted by Crippen LogP contribution is -1.94. The Morgan fingerprint density at radius 1 is 1.23 bits per heavy atom. The topological polar surface area (TPSA) is 9.23 Å². The minimum Gasteiger partial charge on any atom is -0.494 e. The van der Waals surface area contributed by atoms with Gasteiger partial charge in [0.25, 0.3) is 0 Å². The van der Waals surface area contributed by atoms with Gasteiger partial charge in [0.2, 0.25) is 0 Å². The Kier molecular flexibility index (Phi) is 2.53. The van der Waals surface area contributed by atoms with Crippen LogP contribution in [0.15, 0.2) is 24.3 Å². The molecule has 0 aliphatic heterocycles. The summed E-state index contributed by atoms with van der Waals surface area (Å²) in [5.74, 6) is 1.85. The Bertz CT molecular complexity index is 259. The first-order valence-electron chi connectivity index (χ1n) is 5.13. The van der Waals surface area contributed by atoms with Gasteiger partial charge in [0.05, 0.1) is 6.61 Å². The molecular formula is C12H16O. The van der Waals surface area contributed by atoms with Crippen LogP contribution in [0, 0.1) is 0 Å². The highest BCUT2D eigenvalue weighted by molar-refractivity contribution is 5.31. The second-order valence-electron chi connectivity index (χ2n) is 3.69. The van der Waals surface area contributed by atoms with Crippen LogP contribution in [0.25, 0.3) is 0 Å². The standard InChI is InChI=1S/C12H16O/c1-2-9-13-12-7-5-11(6-8-12)10-3-4-10/h5-8,10H,2-4,9H2,1H3. The average molecular weight is 176 g/mol. The average Bonchev–Trinajstić information content (AvgIpc) is 2.99. The zero-order valence-corrected chi connectivity index (χ0v) is 8.12. The molecule has 0 spiro atoms. The molecule has 0 unspecified atom stereocenters. The normalized spacial score (nSPS) is 15.8. The maximum atomic E-state index is 5.51. The van der Waals surface area contributed by atoms with E-state index in [2.05, 4.69) is 31.2 Å². The van der Waals surface area contributed by atoms with Crippen LogP contribution in [0.2, 0.25) is 0 Å². The van der Waals surface area contributed by atoms with Crippen molar-refractivity contribution in [1.82, 2.24) is 0 Å². The van der Waals surface area contributed by atoms with E-state index >= 15 is 0 Å². The van der Waals surface area contributed by atoms with Crippen LogP contribution in [-0.2, 0) is 0 Å². The highest BCUT2D eigenvalue weighted by Gasteiger charge is 2.22. The molecule has 1 aromatic carbocycles. The first-order valence-corrected chi connectivity index (χ1v) is 5.13. The Labute approximate surface area is 79.7 Å². The molecule has 0 atom stereocenters. The lowest BCUT2D eigenvalue weighted by atomic mass is 10.1. The minimum absolute atomic E-state index is 0.822. The maximum absolute atomic E-state index is 5.51. The fraction of sp³-hybridized carbons (Fsp3) is 0.500. The number of rotatable bonds is 4. The SMILES string of the molecule is CCCOc1ccc(C2CC2)cc1. The van der Waals surface area contributed by atoms with Crippen molar-refractivity contribution in [1.29, 1.82) is 0 Å². The molecule has 0 aromatic heterocycles. The third-order valence-corrected chi connectivity index (χ3v) is 2.40. The molecule has 1 saturated carbocycles. The smallest absolute Gasteiger partial charge is 0.119 e. The van der Waals surface area contributed by atoms with Crippen molar-refractivity contribution in [2.75, 3.05) is 6.61 Å². The molecule has 1 aromatic rings. The van der Waals surface area contributed by atoms with Crippen LogP contribution in [0.3, 0.4) is 0 Å². The fourth-order valence-electron chi connectivity index (χ4n) is 1.47. The minimum atomic E-state index is 0.822. The van der Waals surface area contributed by atoms with Gasteiger partial charge in [-0.05, 0) is 42.9 Å². The zero-order chi connectivity index (χ0) is 9.10. The van der Waals surface area contributed by atoms with Gasteiger partial charge in [0.1, 0.15) is 5.75 Å². The van der Waals surface area contributed by atoms with E-state index in [0.717, 1.165) is 24.7 Å². The molecule has 13 heavy (non-hydrogen) atoms. The molecule has 0 saturated heterocycles. The molecule has 0 bridgehead atoms. The van der Waals surface area contributed by atoms with E-state index in [1.165, 1.54) is 18.4 Å². The first-order chi connectivity index (χ1) is 6.40. The Hall–Kier alpha value is -0.980. The summed E-state index contributed by atoms with van der Waals surface area (Å²) in [5.41, 5.74) is 1.48. The fourth-order valence-corrected chi connectivity index (χ4v) is 1.47. The number of hydrogen-bond acceptors (Lipinski definition) is 1. The Morgan fingerprint density at radius 2 is 1.92 bits per heavy atom. The lowest BCUT2D eigenvalue weighted by Gasteiger charge is -2.04. The van der Waals surface area contributed by atoms with Crippen LogP contribution >= 0.6 is 0 Å². The maximum Gasteiger partial charge on any atom is 0.119 e. The third-order valence-electron chi connectivity index (χ3n) is 2.40. The van der Waals surface area contributed by atoms with E-state index in [4.69, 9.17) is 4.74 Å². The van der Waals surface area contributed by atoms with Crippen molar-refractivity contribution >= 4 is 0 Å². The molecular weight excluding hydrogens is 160 g/mol. The van der Waals surface area contributed by atoms with Crippen LogP contribution < -0.4 is 4.74 Å². The number of benzene rings is 1. The van der Waals surface area contributed by atoms with Gasteiger partial charge in [-0.25, -0.2) is 0 Å². The molecule has 2 rings (SSSR count). The summed E-state index contributed by atoms with van der Waals surface area (Å²) in [6.07, 6.45) is 3.81. The molecule has 0 amide bonds. The van der Waals surface area contributed by atoms with E-state index in [0.29, 0.717) is 0 Å².